The van der Waals surface area contributed by atoms with E-state index in [2.05, 4.69) is 25.3 Å². The molecular weight excluding hydrogens is 1040 g/mol. The summed E-state index contributed by atoms with van der Waals surface area (Å²) in [6.45, 7) is 21.0. The summed E-state index contributed by atoms with van der Waals surface area (Å²) in [4.78, 5) is 69.2. The largest absolute Gasteiger partial charge is 0.481 e. The van der Waals surface area contributed by atoms with Crippen LogP contribution in [0.1, 0.15) is 96.4 Å². The fraction of sp³-hybridized carbons (Fsp3) is 0.500. The maximum Gasteiger partial charge on any atom is 0.410 e. The minimum atomic E-state index is -3.82. The molecule has 0 spiro atoms. The van der Waals surface area contributed by atoms with Crippen molar-refractivity contribution in [1.82, 2.24) is 39.0 Å². The second-order valence-corrected chi connectivity index (χ2v) is 24.8. The van der Waals surface area contributed by atoms with Crippen molar-refractivity contribution in [3.05, 3.63) is 101 Å². The molecule has 414 valence electrons. The molecule has 2 aromatic carbocycles. The zero-order chi connectivity index (χ0) is 55.2. The molecule has 8 rings (SSSR count). The van der Waals surface area contributed by atoms with E-state index < -0.39 is 55.3 Å². The number of fused-ring (bicyclic) bond motifs is 2. The van der Waals surface area contributed by atoms with Crippen molar-refractivity contribution in [2.75, 3.05) is 37.0 Å². The van der Waals surface area contributed by atoms with Crippen LogP contribution in [0.2, 0.25) is 0 Å². The molecule has 0 radical (unpaired) electrons. The molecule has 3 amide bonds. The average Bonchev–Trinajstić information content (AvgIpc) is 3.98. The second kappa shape index (κ2) is 24.7. The number of anilines is 1. The molecule has 2 fully saturated rings. The fourth-order valence-electron chi connectivity index (χ4n) is 8.45. The number of nitrogens with zero attached hydrogens (tertiary/aromatic N) is 8. The number of ether oxygens (including phenoxy) is 2. The molecule has 0 saturated carbocycles. The Labute approximate surface area is 451 Å². The van der Waals surface area contributed by atoms with Crippen molar-refractivity contribution in [2.24, 2.45) is 29.4 Å². The van der Waals surface area contributed by atoms with E-state index in [9.17, 15) is 36.0 Å². The predicted molar refractivity (Wildman–Crippen MR) is 288 cm³/mol. The molecule has 21 nitrogen and oxygen atoms in total. The first kappa shape index (κ1) is 60.4. The van der Waals surface area contributed by atoms with Crippen LogP contribution < -0.4 is 15.4 Å². The smallest absolute Gasteiger partial charge is 0.410 e. The van der Waals surface area contributed by atoms with Crippen molar-refractivity contribution < 1.29 is 50.6 Å². The van der Waals surface area contributed by atoms with Gasteiger partial charge in [0.15, 0.2) is 11.5 Å². The van der Waals surface area contributed by atoms with Gasteiger partial charge in [-0.05, 0) is 110 Å². The summed E-state index contributed by atoms with van der Waals surface area (Å²) in [6.07, 6.45) is 5.54. The molecule has 0 unspecified atom stereocenters. The third-order valence-corrected chi connectivity index (χ3v) is 16.3. The molecule has 2 saturated heterocycles. The minimum Gasteiger partial charge on any atom is -0.481 e. The number of hydrogen-bond acceptors (Lipinski definition) is 15. The molecule has 6 heterocycles. The SMILES string of the molecule is C[C@@H]1CCN(C(=O)OC(C)(C)C)C[C@@H]1C(=O)O.Cc1ccc(S(=O)(=O)N2CCc3nc(CN)cnc32)cc1.Cc1ccc(S(=O)(=O)n2ccc3nc(CNC(=O)[C@H]4CN(C(=O)OC(C)(C)C)CC[C@H]4C)cnc32)cc1.Cl. The number of carbonyl (C=O) groups is 4. The van der Waals surface area contributed by atoms with Gasteiger partial charge in [-0.25, -0.2) is 49.7 Å². The Morgan fingerprint density at radius 1 is 0.711 bits per heavy atom. The summed E-state index contributed by atoms with van der Waals surface area (Å²) >= 11 is 0. The van der Waals surface area contributed by atoms with Gasteiger partial charge in [0.1, 0.15) is 16.7 Å². The van der Waals surface area contributed by atoms with E-state index in [4.69, 9.17) is 20.3 Å². The van der Waals surface area contributed by atoms with Gasteiger partial charge in [-0.15, -0.1) is 12.4 Å². The molecule has 5 aromatic rings. The standard InChI is InChI=1S/C26H33N5O5S.C14H16N4O2S.C12H21NO4.ClH/c1-17-6-8-20(9-7-17)37(34,35)31-13-11-22-23(31)27-14-19(29-22)15-28-24(32)21-16-30(12-10-18(21)2)25(33)36-26(3,4)5;1-10-2-4-12(5-3-10)21(19,20)18-7-6-13-14(18)16-9-11(8-15)17-13;1-8-5-6-13(7-9(8)10(14)15)11(16)17-12(2,3)4;/h6-9,11,13-14,18,21H,10,12,15-16H2,1-5H3,(H,28,32);2-5,9H,6-8,15H2,1H3;8-9H,5-7H2,1-4H3,(H,14,15);1H/t18-,21+;;8-,9+;/m1.1./s1. The van der Waals surface area contributed by atoms with Gasteiger partial charge in [0, 0.05) is 51.9 Å². The number of carboxylic acid groups (broad SMARTS) is 1. The van der Waals surface area contributed by atoms with Crippen molar-refractivity contribution >= 4 is 73.5 Å². The first-order valence-corrected chi connectivity index (χ1v) is 27.7. The lowest BCUT2D eigenvalue weighted by Crippen LogP contribution is -2.49. The van der Waals surface area contributed by atoms with Gasteiger partial charge < -0.3 is 35.4 Å². The van der Waals surface area contributed by atoms with Crippen LogP contribution in [0.15, 0.2) is 83.0 Å². The number of piperidine rings is 2. The van der Waals surface area contributed by atoms with Gasteiger partial charge in [0.25, 0.3) is 20.0 Å². The van der Waals surface area contributed by atoms with Crippen LogP contribution in [0.3, 0.4) is 0 Å². The number of carboxylic acids is 1. The summed E-state index contributed by atoms with van der Waals surface area (Å²) in [5.41, 5.74) is 8.84. The third kappa shape index (κ3) is 15.2. The van der Waals surface area contributed by atoms with Gasteiger partial charge in [0.2, 0.25) is 5.91 Å². The number of halogens is 1. The molecule has 3 aliphatic heterocycles. The van der Waals surface area contributed by atoms with Crippen molar-refractivity contribution in [3.8, 4) is 0 Å². The molecule has 76 heavy (non-hydrogen) atoms. The summed E-state index contributed by atoms with van der Waals surface area (Å²) in [7, 11) is -7.41. The highest BCUT2D eigenvalue weighted by Crippen LogP contribution is 2.31. The zero-order valence-electron chi connectivity index (χ0n) is 44.7. The highest BCUT2D eigenvalue weighted by Gasteiger charge is 2.37. The predicted octanol–water partition coefficient (Wildman–Crippen LogP) is 6.87. The van der Waals surface area contributed by atoms with Crippen LogP contribution in [0.5, 0.6) is 0 Å². The maximum absolute atomic E-state index is 13.1. The van der Waals surface area contributed by atoms with Crippen LogP contribution in [0.4, 0.5) is 15.4 Å². The van der Waals surface area contributed by atoms with Gasteiger partial charge >= 0.3 is 18.2 Å². The number of nitrogens with one attached hydrogen (secondary N) is 1. The van der Waals surface area contributed by atoms with Crippen LogP contribution in [0.25, 0.3) is 11.2 Å². The van der Waals surface area contributed by atoms with E-state index in [0.717, 1.165) is 15.1 Å². The highest BCUT2D eigenvalue weighted by atomic mass is 35.5. The van der Waals surface area contributed by atoms with Crippen LogP contribution in [-0.2, 0) is 58.6 Å². The van der Waals surface area contributed by atoms with E-state index in [-0.39, 0.29) is 71.1 Å². The van der Waals surface area contributed by atoms with Crippen molar-refractivity contribution in [1.29, 1.82) is 0 Å². The molecule has 0 aliphatic carbocycles. The molecule has 24 heteroatoms. The monoisotopic (exact) mass is 1110 g/mol. The number of aromatic nitrogens is 5. The molecule has 4 atom stereocenters. The molecule has 3 aliphatic rings. The number of hydrogen-bond donors (Lipinski definition) is 3. The number of carbonyl (C=O) groups excluding carboxylic acids is 3. The van der Waals surface area contributed by atoms with E-state index in [0.29, 0.717) is 73.9 Å². The number of sulfonamides is 1. The summed E-state index contributed by atoms with van der Waals surface area (Å²) in [6, 6.07) is 15.0. The Bertz CT molecular complexity index is 3090. The maximum atomic E-state index is 13.1. The number of benzene rings is 2. The number of rotatable bonds is 9. The Morgan fingerprint density at radius 2 is 1.21 bits per heavy atom. The Morgan fingerprint density at radius 3 is 1.72 bits per heavy atom. The van der Waals surface area contributed by atoms with Crippen LogP contribution in [-0.4, -0.2) is 124 Å². The Balaban J connectivity index is 0.000000231. The number of nitrogens with two attached hydrogens (primary N) is 1. The average molecular weight is 1110 g/mol. The second-order valence-electron chi connectivity index (χ2n) is 21.1. The Kier molecular flexibility index (Phi) is 19.6. The van der Waals surface area contributed by atoms with E-state index in [1.165, 1.54) is 27.8 Å². The number of likely N-dealkylation sites (tertiary alicyclic amines) is 2. The van der Waals surface area contributed by atoms with Gasteiger partial charge in [-0.2, -0.15) is 0 Å². The first-order chi connectivity index (χ1) is 35.1. The van der Waals surface area contributed by atoms with Crippen molar-refractivity contribution in [3.63, 3.8) is 0 Å². The van der Waals surface area contributed by atoms with Gasteiger partial charge in [-0.1, -0.05) is 49.2 Å². The summed E-state index contributed by atoms with van der Waals surface area (Å²) in [5, 5.41) is 12.0. The van der Waals surface area contributed by atoms with E-state index in [1.807, 2.05) is 48.5 Å². The summed E-state index contributed by atoms with van der Waals surface area (Å²) < 4.78 is 64.7. The lowest BCUT2D eigenvalue weighted by Gasteiger charge is -2.36. The van der Waals surface area contributed by atoms with Crippen LogP contribution in [0, 0.1) is 37.5 Å². The van der Waals surface area contributed by atoms with Gasteiger partial charge in [-0.3, -0.25) is 14.6 Å². The molecular formula is C52H71ClN10O11S2. The third-order valence-electron chi connectivity index (χ3n) is 12.8. The summed E-state index contributed by atoms with van der Waals surface area (Å²) in [5.74, 6) is -1.27. The molecule has 3 aromatic heterocycles. The number of aryl methyl sites for hydroxylation is 2. The highest BCUT2D eigenvalue weighted by molar-refractivity contribution is 7.92. The fourth-order valence-corrected chi connectivity index (χ4v) is 11.2. The zero-order valence-corrected chi connectivity index (χ0v) is 47.2. The van der Waals surface area contributed by atoms with Crippen LogP contribution >= 0.6 is 12.4 Å². The number of aliphatic carboxylic acids is 1. The quantitative estimate of drug-likeness (QED) is 0.136. The van der Waals surface area contributed by atoms with Crippen molar-refractivity contribution in [2.45, 2.75) is 123 Å². The normalized spacial score (nSPS) is 18.7. The molecule has 4 N–H and O–H groups in total. The lowest BCUT2D eigenvalue weighted by molar-refractivity contribution is -0.145. The van der Waals surface area contributed by atoms with E-state index in [1.54, 1.807) is 80.3 Å². The van der Waals surface area contributed by atoms with E-state index >= 15 is 0 Å². The lowest BCUT2D eigenvalue weighted by atomic mass is 9.86. The number of amides is 3. The minimum absolute atomic E-state index is 0. The molecule has 0 bridgehead atoms. The first-order valence-electron chi connectivity index (χ1n) is 24.8. The van der Waals surface area contributed by atoms with Gasteiger partial charge in [0.05, 0.1) is 57.6 Å². The topological polar surface area (TPSA) is 280 Å². The Hall–Kier alpha value is -6.43.